The fraction of sp³-hybridized carbons (Fsp3) is 0.667. The number of hydrogen-bond acceptors (Lipinski definition) is 5. The van der Waals surface area contributed by atoms with Gasteiger partial charge in [-0.2, -0.15) is 5.10 Å². The first-order chi connectivity index (χ1) is 13.4. The predicted molar refractivity (Wildman–Crippen MR) is 114 cm³/mol. The topological polar surface area (TPSA) is 48.8 Å². The lowest BCUT2D eigenvalue weighted by Crippen LogP contribution is -2.41. The normalized spacial score (nSPS) is 21.6. The Bertz CT molecular complexity index is 768. The molecule has 3 heterocycles. The second kappa shape index (κ2) is 8.53. The molecule has 2 fully saturated rings. The number of ether oxygens (including phenoxy) is 1. The molecule has 4 rings (SSSR count). The summed E-state index contributed by atoms with van der Waals surface area (Å²) >= 11 is 0. The molecule has 0 N–H and O–H groups in total. The zero-order chi connectivity index (χ0) is 20.4. The lowest BCUT2D eigenvalue weighted by Gasteiger charge is -2.32. The highest BCUT2D eigenvalue weighted by atomic mass is 16.7. The van der Waals surface area contributed by atoms with Gasteiger partial charge in [-0.1, -0.05) is 26.0 Å². The molecular weight excluding hydrogens is 353 g/mol. The van der Waals surface area contributed by atoms with Crippen LogP contribution in [0.25, 0.3) is 10.9 Å². The van der Waals surface area contributed by atoms with Crippen LogP contribution in [0.1, 0.15) is 41.5 Å². The first-order valence-electron chi connectivity index (χ1n) is 10.5. The van der Waals surface area contributed by atoms with Crippen LogP contribution in [-0.4, -0.2) is 65.8 Å². The number of nitrogens with zero attached hydrogens (tertiary/aromatic N) is 3. The van der Waals surface area contributed by atoms with Crippen LogP contribution < -0.4 is 5.46 Å². The Morgan fingerprint density at radius 2 is 1.64 bits per heavy atom. The Hall–Kier alpha value is -1.41. The minimum Gasteiger partial charge on any atom is -0.399 e. The monoisotopic (exact) mass is 387 g/mol. The van der Waals surface area contributed by atoms with Gasteiger partial charge in [0.05, 0.1) is 42.7 Å². The second-order valence-electron chi connectivity index (χ2n) is 8.23. The molecule has 0 saturated carbocycles. The van der Waals surface area contributed by atoms with Crippen molar-refractivity contribution in [2.75, 3.05) is 32.8 Å². The van der Waals surface area contributed by atoms with E-state index in [2.05, 4.69) is 60.6 Å². The summed E-state index contributed by atoms with van der Waals surface area (Å²) in [5.41, 5.74) is 1.52. The first-order valence-corrected chi connectivity index (χ1v) is 10.5. The Kier molecular flexibility index (Phi) is 6.49. The van der Waals surface area contributed by atoms with E-state index in [9.17, 15) is 0 Å². The van der Waals surface area contributed by atoms with E-state index < -0.39 is 0 Å². The fourth-order valence-corrected chi connectivity index (χ4v) is 3.45. The van der Waals surface area contributed by atoms with Crippen LogP contribution in [0.15, 0.2) is 24.4 Å². The predicted octanol–water partition coefficient (Wildman–Crippen LogP) is 2.69. The number of morpholine rings is 1. The summed E-state index contributed by atoms with van der Waals surface area (Å²) in [5, 5.41) is 5.73. The molecule has 0 amide bonds. The van der Waals surface area contributed by atoms with Gasteiger partial charge in [-0.15, -0.1) is 0 Å². The molecule has 0 aliphatic carbocycles. The molecule has 0 radical (unpaired) electrons. The van der Waals surface area contributed by atoms with E-state index >= 15 is 0 Å². The van der Waals surface area contributed by atoms with Gasteiger partial charge in [0.15, 0.2) is 0 Å². The summed E-state index contributed by atoms with van der Waals surface area (Å²) in [6, 6.07) is 6.34. The van der Waals surface area contributed by atoms with Crippen molar-refractivity contribution >= 4 is 23.5 Å². The van der Waals surface area contributed by atoms with Crippen molar-refractivity contribution < 1.29 is 14.0 Å². The zero-order valence-electron chi connectivity index (χ0n) is 18.2. The van der Waals surface area contributed by atoms with Gasteiger partial charge < -0.3 is 14.0 Å². The number of rotatable bonds is 4. The van der Waals surface area contributed by atoms with Crippen LogP contribution in [-0.2, 0) is 20.6 Å². The molecule has 2 aliphatic heterocycles. The maximum atomic E-state index is 6.20. The second-order valence-corrected chi connectivity index (χ2v) is 8.23. The molecule has 28 heavy (non-hydrogen) atoms. The molecule has 0 bridgehead atoms. The van der Waals surface area contributed by atoms with E-state index in [1.54, 1.807) is 0 Å². The van der Waals surface area contributed by atoms with Crippen molar-refractivity contribution in [2.24, 2.45) is 0 Å². The van der Waals surface area contributed by atoms with Crippen molar-refractivity contribution in [2.45, 2.75) is 59.3 Å². The molecule has 0 unspecified atom stereocenters. The molecule has 1 aromatic heterocycles. The van der Waals surface area contributed by atoms with E-state index in [1.165, 1.54) is 0 Å². The zero-order valence-corrected chi connectivity index (χ0v) is 18.2. The van der Waals surface area contributed by atoms with Gasteiger partial charge in [0.2, 0.25) is 0 Å². The van der Waals surface area contributed by atoms with Gasteiger partial charge in [-0.25, -0.2) is 0 Å². The standard InChI is InChI=1S/C19H28BN3O3.C2H6/c1-18(2)19(3,4)26-20(25-18)16-6-5-15-14-21-23(17(15)13-16)8-7-22-9-11-24-12-10-22;1-2/h5-6,13-14H,7-12H2,1-4H3;1-2H3. The van der Waals surface area contributed by atoms with Crippen LogP contribution in [0, 0.1) is 0 Å². The number of benzene rings is 1. The SMILES string of the molecule is CC.CC1(C)OB(c2ccc3cnn(CCN4CCOCC4)c3c2)OC1(C)C. The average molecular weight is 387 g/mol. The highest BCUT2D eigenvalue weighted by Crippen LogP contribution is 2.36. The Morgan fingerprint density at radius 1 is 1.00 bits per heavy atom. The molecule has 154 valence electrons. The lowest BCUT2D eigenvalue weighted by molar-refractivity contribution is 0.00578. The number of fused-ring (bicyclic) bond motifs is 1. The molecule has 0 spiro atoms. The van der Waals surface area contributed by atoms with Crippen molar-refractivity contribution in [3.05, 3.63) is 24.4 Å². The van der Waals surface area contributed by atoms with Crippen LogP contribution in [0.4, 0.5) is 0 Å². The van der Waals surface area contributed by atoms with Crippen LogP contribution in [0.5, 0.6) is 0 Å². The molecule has 0 atom stereocenters. The van der Waals surface area contributed by atoms with E-state index in [4.69, 9.17) is 14.0 Å². The molecule has 2 aliphatic rings. The Morgan fingerprint density at radius 3 is 2.29 bits per heavy atom. The first kappa shape index (κ1) is 21.3. The highest BCUT2D eigenvalue weighted by Gasteiger charge is 2.51. The van der Waals surface area contributed by atoms with Crippen molar-refractivity contribution in [1.82, 2.24) is 14.7 Å². The van der Waals surface area contributed by atoms with E-state index in [1.807, 2.05) is 20.0 Å². The smallest absolute Gasteiger partial charge is 0.399 e. The fourth-order valence-electron chi connectivity index (χ4n) is 3.45. The Labute approximate surface area is 169 Å². The van der Waals surface area contributed by atoms with E-state index in [0.29, 0.717) is 0 Å². The minimum absolute atomic E-state index is 0.330. The minimum atomic E-state index is -0.341. The van der Waals surface area contributed by atoms with Gasteiger partial charge in [0.1, 0.15) is 0 Å². The van der Waals surface area contributed by atoms with Crippen molar-refractivity contribution in [3.8, 4) is 0 Å². The summed E-state index contributed by atoms with van der Waals surface area (Å²) in [7, 11) is -0.341. The molecule has 6 nitrogen and oxygen atoms in total. The molecule has 2 aromatic rings. The van der Waals surface area contributed by atoms with Gasteiger partial charge in [-0.05, 0) is 39.2 Å². The quantitative estimate of drug-likeness (QED) is 0.755. The van der Waals surface area contributed by atoms with Gasteiger partial charge >= 0.3 is 7.12 Å². The van der Waals surface area contributed by atoms with Crippen molar-refractivity contribution in [3.63, 3.8) is 0 Å². The van der Waals surface area contributed by atoms with Gasteiger partial charge in [-0.3, -0.25) is 9.58 Å². The summed E-state index contributed by atoms with van der Waals surface area (Å²) in [5.74, 6) is 0. The van der Waals surface area contributed by atoms with E-state index in [-0.39, 0.29) is 18.3 Å². The third kappa shape index (κ3) is 4.27. The maximum Gasteiger partial charge on any atom is 0.494 e. The number of hydrogen-bond donors (Lipinski definition) is 0. The largest absolute Gasteiger partial charge is 0.494 e. The number of aromatic nitrogens is 2. The van der Waals surface area contributed by atoms with Crippen LogP contribution in [0.2, 0.25) is 0 Å². The van der Waals surface area contributed by atoms with Gasteiger partial charge in [0.25, 0.3) is 0 Å². The van der Waals surface area contributed by atoms with Crippen LogP contribution >= 0.6 is 0 Å². The summed E-state index contributed by atoms with van der Waals surface area (Å²) in [6.07, 6.45) is 1.93. The van der Waals surface area contributed by atoms with Crippen LogP contribution in [0.3, 0.4) is 0 Å². The van der Waals surface area contributed by atoms with Gasteiger partial charge in [0, 0.05) is 25.0 Å². The summed E-state index contributed by atoms with van der Waals surface area (Å²) in [6.45, 7) is 17.8. The maximum absolute atomic E-state index is 6.20. The highest BCUT2D eigenvalue weighted by molar-refractivity contribution is 6.62. The molecule has 1 aromatic carbocycles. The van der Waals surface area contributed by atoms with E-state index in [0.717, 1.165) is 55.8 Å². The third-order valence-corrected chi connectivity index (χ3v) is 5.93. The average Bonchev–Trinajstić information content (AvgIpc) is 3.19. The molecule has 7 heteroatoms. The molecule has 2 saturated heterocycles. The summed E-state index contributed by atoms with van der Waals surface area (Å²) < 4.78 is 19.9. The lowest BCUT2D eigenvalue weighted by atomic mass is 9.79. The third-order valence-electron chi connectivity index (χ3n) is 5.93. The summed E-state index contributed by atoms with van der Waals surface area (Å²) in [4.78, 5) is 2.43. The Balaban J connectivity index is 0.00000109. The van der Waals surface area contributed by atoms with Crippen molar-refractivity contribution in [1.29, 1.82) is 0 Å². The molecular formula is C21H34BN3O3.